The van der Waals surface area contributed by atoms with Gasteiger partial charge < -0.3 is 5.73 Å². The first-order valence-corrected chi connectivity index (χ1v) is 7.60. The van der Waals surface area contributed by atoms with Crippen LogP contribution in [0.4, 0.5) is 20.2 Å². The highest BCUT2D eigenvalue weighted by Crippen LogP contribution is 2.28. The quantitative estimate of drug-likeness (QED) is 0.847. The molecular formula is C13H11ClF2N2O2S. The van der Waals surface area contributed by atoms with Gasteiger partial charge in [-0.1, -0.05) is 11.6 Å². The Labute approximate surface area is 125 Å². The van der Waals surface area contributed by atoms with Crippen LogP contribution in [-0.4, -0.2) is 8.42 Å². The molecule has 2 aromatic rings. The third-order valence-electron chi connectivity index (χ3n) is 2.74. The number of benzene rings is 2. The van der Waals surface area contributed by atoms with E-state index in [-0.39, 0.29) is 21.3 Å². The van der Waals surface area contributed by atoms with Crippen molar-refractivity contribution in [3.05, 3.63) is 52.6 Å². The Morgan fingerprint density at radius 1 is 1.19 bits per heavy atom. The zero-order valence-electron chi connectivity index (χ0n) is 10.8. The van der Waals surface area contributed by atoms with Gasteiger partial charge in [-0.15, -0.1) is 0 Å². The van der Waals surface area contributed by atoms with Crippen LogP contribution in [0, 0.1) is 18.6 Å². The maximum absolute atomic E-state index is 13.5. The minimum Gasteiger partial charge on any atom is -0.397 e. The van der Waals surface area contributed by atoms with Gasteiger partial charge in [0.05, 0.1) is 21.3 Å². The highest BCUT2D eigenvalue weighted by molar-refractivity contribution is 7.92. The molecule has 0 atom stereocenters. The molecule has 0 bridgehead atoms. The Hall–Kier alpha value is -1.86. The molecule has 2 rings (SSSR count). The summed E-state index contributed by atoms with van der Waals surface area (Å²) in [6, 6.07) is 5.00. The second-order valence-electron chi connectivity index (χ2n) is 4.37. The van der Waals surface area contributed by atoms with Crippen molar-refractivity contribution < 1.29 is 17.2 Å². The van der Waals surface area contributed by atoms with Crippen LogP contribution in [0.1, 0.15) is 5.56 Å². The first-order valence-electron chi connectivity index (χ1n) is 5.74. The predicted molar refractivity (Wildman–Crippen MR) is 77.8 cm³/mol. The van der Waals surface area contributed by atoms with Gasteiger partial charge in [-0.3, -0.25) is 4.72 Å². The average Bonchev–Trinajstić information content (AvgIpc) is 2.38. The molecule has 3 N–H and O–H groups in total. The predicted octanol–water partition coefficient (Wildman–Crippen LogP) is 3.31. The van der Waals surface area contributed by atoms with E-state index in [1.165, 1.54) is 12.1 Å². The van der Waals surface area contributed by atoms with Crippen molar-refractivity contribution in [1.29, 1.82) is 0 Å². The number of hydrogen-bond donors (Lipinski definition) is 2. The summed E-state index contributed by atoms with van der Waals surface area (Å²) in [6.45, 7) is 1.59. The number of nitrogens with two attached hydrogens (primary N) is 1. The third kappa shape index (κ3) is 3.25. The maximum Gasteiger partial charge on any atom is 0.262 e. The van der Waals surface area contributed by atoms with Gasteiger partial charge in [-0.2, -0.15) is 0 Å². The molecule has 0 saturated carbocycles. The lowest BCUT2D eigenvalue weighted by Gasteiger charge is -2.11. The number of anilines is 2. The van der Waals surface area contributed by atoms with E-state index >= 15 is 0 Å². The molecule has 0 aliphatic rings. The Balaban J connectivity index is 2.43. The van der Waals surface area contributed by atoms with E-state index in [2.05, 4.69) is 0 Å². The highest BCUT2D eigenvalue weighted by Gasteiger charge is 2.18. The smallest absolute Gasteiger partial charge is 0.262 e. The van der Waals surface area contributed by atoms with Gasteiger partial charge in [0.25, 0.3) is 10.0 Å². The van der Waals surface area contributed by atoms with E-state index in [4.69, 9.17) is 17.3 Å². The van der Waals surface area contributed by atoms with Gasteiger partial charge >= 0.3 is 0 Å². The van der Waals surface area contributed by atoms with Gasteiger partial charge in [-0.05, 0) is 36.8 Å². The van der Waals surface area contributed by atoms with Crippen LogP contribution < -0.4 is 10.5 Å². The van der Waals surface area contributed by atoms with Crippen LogP contribution in [0.25, 0.3) is 0 Å². The number of hydrogen-bond acceptors (Lipinski definition) is 3. The number of nitrogens with one attached hydrogen (secondary N) is 1. The lowest BCUT2D eigenvalue weighted by Crippen LogP contribution is -2.14. The van der Waals surface area contributed by atoms with E-state index in [1.807, 2.05) is 4.72 Å². The summed E-state index contributed by atoms with van der Waals surface area (Å²) in [4.78, 5) is -0.161. The van der Waals surface area contributed by atoms with Crippen molar-refractivity contribution in [2.24, 2.45) is 0 Å². The molecule has 0 aliphatic carbocycles. The van der Waals surface area contributed by atoms with Crippen LogP contribution in [0.2, 0.25) is 5.02 Å². The molecule has 0 spiro atoms. The first kappa shape index (κ1) is 15.5. The average molecular weight is 333 g/mol. The lowest BCUT2D eigenvalue weighted by atomic mass is 10.2. The van der Waals surface area contributed by atoms with Crippen molar-refractivity contribution in [2.75, 3.05) is 10.5 Å². The Bertz CT molecular complexity index is 787. The second-order valence-corrected chi connectivity index (χ2v) is 6.43. The van der Waals surface area contributed by atoms with Gasteiger partial charge in [0.15, 0.2) is 0 Å². The van der Waals surface area contributed by atoms with Crippen molar-refractivity contribution in [2.45, 2.75) is 11.8 Å². The van der Waals surface area contributed by atoms with Crippen LogP contribution in [0.3, 0.4) is 0 Å². The Morgan fingerprint density at radius 2 is 1.86 bits per heavy atom. The molecule has 4 nitrogen and oxygen atoms in total. The van der Waals surface area contributed by atoms with Gasteiger partial charge in [-0.25, -0.2) is 17.2 Å². The van der Waals surface area contributed by atoms with Crippen molar-refractivity contribution in [3.8, 4) is 0 Å². The van der Waals surface area contributed by atoms with E-state index in [0.29, 0.717) is 11.6 Å². The normalized spacial score (nSPS) is 11.4. The molecule has 0 heterocycles. The zero-order valence-corrected chi connectivity index (χ0v) is 12.4. The minimum atomic E-state index is -4.06. The fourth-order valence-corrected chi connectivity index (χ4v) is 2.99. The molecular weight excluding hydrogens is 322 g/mol. The molecule has 8 heteroatoms. The molecule has 0 saturated heterocycles. The molecule has 0 aliphatic heterocycles. The summed E-state index contributed by atoms with van der Waals surface area (Å²) in [7, 11) is -4.06. The molecule has 0 radical (unpaired) electrons. The topological polar surface area (TPSA) is 72.2 Å². The SMILES string of the molecule is Cc1cc(S(=O)(=O)Nc2ccc(F)cc2F)cc(N)c1Cl. The monoisotopic (exact) mass is 332 g/mol. The second kappa shape index (κ2) is 5.50. The number of sulfonamides is 1. The van der Waals surface area contributed by atoms with Crippen molar-refractivity contribution in [1.82, 2.24) is 0 Å². The van der Waals surface area contributed by atoms with E-state index in [0.717, 1.165) is 12.1 Å². The zero-order chi connectivity index (χ0) is 15.8. The third-order valence-corrected chi connectivity index (χ3v) is 4.60. The molecule has 21 heavy (non-hydrogen) atoms. The summed E-state index contributed by atoms with van der Waals surface area (Å²) >= 11 is 5.86. The molecule has 0 amide bonds. The molecule has 2 aromatic carbocycles. The lowest BCUT2D eigenvalue weighted by molar-refractivity contribution is 0.583. The van der Waals surface area contributed by atoms with Gasteiger partial charge in [0.1, 0.15) is 11.6 Å². The van der Waals surface area contributed by atoms with E-state index in [1.54, 1.807) is 6.92 Å². The maximum atomic E-state index is 13.5. The van der Waals surface area contributed by atoms with Crippen molar-refractivity contribution >= 4 is 33.0 Å². The van der Waals surface area contributed by atoms with Crippen molar-refractivity contribution in [3.63, 3.8) is 0 Å². The fourth-order valence-electron chi connectivity index (χ4n) is 1.69. The summed E-state index contributed by atoms with van der Waals surface area (Å²) in [5.74, 6) is -1.82. The molecule has 0 unspecified atom stereocenters. The number of nitrogen functional groups attached to an aromatic ring is 1. The molecule has 112 valence electrons. The number of halogens is 3. The fraction of sp³-hybridized carbons (Fsp3) is 0.0769. The summed E-state index contributed by atoms with van der Waals surface area (Å²) in [6.07, 6.45) is 0. The minimum absolute atomic E-state index is 0.0941. The Morgan fingerprint density at radius 3 is 2.43 bits per heavy atom. The summed E-state index contributed by atoms with van der Waals surface area (Å²) in [5, 5.41) is 0.252. The Kier molecular flexibility index (Phi) is 4.06. The van der Waals surface area contributed by atoms with Crippen LogP contribution >= 0.6 is 11.6 Å². The largest absolute Gasteiger partial charge is 0.397 e. The first-order chi connectivity index (χ1) is 9.70. The standard InChI is InChI=1S/C13H11ClF2N2O2S/c1-7-4-9(6-11(17)13(7)14)21(19,20)18-12-3-2-8(15)5-10(12)16/h2-6,18H,17H2,1H3. The van der Waals surface area contributed by atoms with Crippen LogP contribution in [0.15, 0.2) is 35.2 Å². The van der Waals surface area contributed by atoms with Gasteiger partial charge in [0, 0.05) is 6.07 Å². The molecule has 0 fully saturated rings. The highest BCUT2D eigenvalue weighted by atomic mass is 35.5. The summed E-state index contributed by atoms with van der Waals surface area (Å²) in [5.41, 5.74) is 5.82. The van der Waals surface area contributed by atoms with Crippen LogP contribution in [0.5, 0.6) is 0 Å². The molecule has 0 aromatic heterocycles. The van der Waals surface area contributed by atoms with Gasteiger partial charge in [0.2, 0.25) is 0 Å². The number of aryl methyl sites for hydroxylation is 1. The van der Waals surface area contributed by atoms with Crippen LogP contribution in [-0.2, 0) is 10.0 Å². The van der Waals surface area contributed by atoms with E-state index in [9.17, 15) is 17.2 Å². The van der Waals surface area contributed by atoms with E-state index < -0.39 is 21.7 Å². The number of rotatable bonds is 3. The summed E-state index contributed by atoms with van der Waals surface area (Å²) < 4.78 is 52.7.